The van der Waals surface area contributed by atoms with Gasteiger partial charge in [-0.3, -0.25) is 37.3 Å². The maximum absolute atomic E-state index is 13.1. The zero-order valence-electron chi connectivity index (χ0n) is 66.2. The lowest BCUT2D eigenvalue weighted by Gasteiger charge is -2.21. The standard InChI is InChI=1S/C82H160O17P2/c1-7-10-12-14-16-18-19-20-21-22-23-24-25-26-31-34-37-41-48-54-60-66-81(86)98-77(71-93-80(85)65-59-53-47-40-36-33-30-28-27-29-32-35-39-44-50-56-62-74(4)5)72-96-100(88,89)94-68-76(83)69-95-101(90,91)97-73-78(70-92-79(84)64-58-52-46-38-17-15-13-11-8-2)99-82(87)67-61-55-49-43-42-45-51-57-63-75(6)9-3/h74-78,83H,7-73H2,1-6H3,(H,88,89)(H,90,91)/t75?,76-,77-,78-/m1/s1. The monoisotopic (exact) mass is 1480 g/mol. The van der Waals surface area contributed by atoms with Gasteiger partial charge in [0.15, 0.2) is 12.2 Å². The molecule has 0 aromatic rings. The summed E-state index contributed by atoms with van der Waals surface area (Å²) in [5, 5.41) is 10.6. The smallest absolute Gasteiger partial charge is 0.462 e. The molecule has 3 N–H and O–H groups in total. The molecule has 0 saturated heterocycles. The molecule has 0 spiro atoms. The zero-order valence-corrected chi connectivity index (χ0v) is 68.0. The molecule has 17 nitrogen and oxygen atoms in total. The van der Waals surface area contributed by atoms with Crippen LogP contribution in [-0.4, -0.2) is 96.7 Å². The van der Waals surface area contributed by atoms with Gasteiger partial charge in [-0.05, 0) is 37.5 Å². The third kappa shape index (κ3) is 74.7. The van der Waals surface area contributed by atoms with E-state index in [1.54, 1.807) is 0 Å². The number of carbonyl (C=O) groups is 4. The number of aliphatic hydroxyl groups is 1. The lowest BCUT2D eigenvalue weighted by atomic mass is 9.99. The molecule has 0 aliphatic rings. The van der Waals surface area contributed by atoms with Crippen molar-refractivity contribution in [1.82, 2.24) is 0 Å². The summed E-state index contributed by atoms with van der Waals surface area (Å²) in [5.74, 6) is -0.529. The van der Waals surface area contributed by atoms with Crippen LogP contribution in [0.25, 0.3) is 0 Å². The summed E-state index contributed by atoms with van der Waals surface area (Å²) in [6.45, 7) is 9.65. The molecule has 0 rings (SSSR count). The van der Waals surface area contributed by atoms with Crippen molar-refractivity contribution < 1.29 is 80.2 Å². The summed E-state index contributed by atoms with van der Waals surface area (Å²) in [6.07, 6.45) is 64.0. The highest BCUT2D eigenvalue weighted by atomic mass is 31.2. The fourth-order valence-electron chi connectivity index (χ4n) is 12.7. The Morgan fingerprint density at radius 2 is 0.505 bits per heavy atom. The van der Waals surface area contributed by atoms with Gasteiger partial charge < -0.3 is 33.8 Å². The Bertz CT molecular complexity index is 1940. The first-order valence-corrected chi connectivity index (χ1v) is 45.5. The van der Waals surface area contributed by atoms with Crippen LogP contribution in [0.2, 0.25) is 0 Å². The summed E-state index contributed by atoms with van der Waals surface area (Å²) in [7, 11) is -9.92. The number of aliphatic hydroxyl groups excluding tert-OH is 1. The normalized spacial score (nSPS) is 14.2. The Labute approximate surface area is 619 Å². The molecule has 0 bridgehead atoms. The van der Waals surface area contributed by atoms with Crippen LogP contribution >= 0.6 is 15.6 Å². The van der Waals surface area contributed by atoms with Gasteiger partial charge in [0.25, 0.3) is 0 Å². The van der Waals surface area contributed by atoms with E-state index in [0.717, 1.165) is 102 Å². The first kappa shape index (κ1) is 99.1. The average Bonchev–Trinajstić information content (AvgIpc) is 0.939. The van der Waals surface area contributed by atoms with E-state index in [9.17, 15) is 43.2 Å². The minimum Gasteiger partial charge on any atom is -0.462 e. The fourth-order valence-corrected chi connectivity index (χ4v) is 14.3. The molecule has 19 heteroatoms. The van der Waals surface area contributed by atoms with Crippen LogP contribution in [-0.2, 0) is 65.4 Å². The molecule has 0 saturated carbocycles. The van der Waals surface area contributed by atoms with Crippen molar-refractivity contribution in [1.29, 1.82) is 0 Å². The van der Waals surface area contributed by atoms with Gasteiger partial charge in [-0.15, -0.1) is 0 Å². The van der Waals surface area contributed by atoms with Crippen LogP contribution in [0.1, 0.15) is 433 Å². The highest BCUT2D eigenvalue weighted by Crippen LogP contribution is 2.45. The lowest BCUT2D eigenvalue weighted by molar-refractivity contribution is -0.161. The second kappa shape index (κ2) is 73.6. The number of rotatable bonds is 81. The number of phosphoric ester groups is 2. The van der Waals surface area contributed by atoms with E-state index in [-0.39, 0.29) is 25.7 Å². The predicted octanol–water partition coefficient (Wildman–Crippen LogP) is 24.7. The highest BCUT2D eigenvalue weighted by Gasteiger charge is 2.30. The summed E-state index contributed by atoms with van der Waals surface area (Å²) >= 11 is 0. The Morgan fingerprint density at radius 3 is 0.752 bits per heavy atom. The molecule has 0 heterocycles. The van der Waals surface area contributed by atoms with E-state index >= 15 is 0 Å². The topological polar surface area (TPSA) is 237 Å². The minimum absolute atomic E-state index is 0.105. The van der Waals surface area contributed by atoms with Crippen molar-refractivity contribution in [3.8, 4) is 0 Å². The second-order valence-corrected chi connectivity index (χ2v) is 33.1. The summed E-state index contributed by atoms with van der Waals surface area (Å²) in [6, 6.07) is 0. The van der Waals surface area contributed by atoms with Gasteiger partial charge in [-0.25, -0.2) is 9.13 Å². The Balaban J connectivity index is 5.20. The number of hydrogen-bond donors (Lipinski definition) is 3. The molecule has 0 amide bonds. The first-order chi connectivity index (χ1) is 48.9. The van der Waals surface area contributed by atoms with E-state index < -0.39 is 97.5 Å². The van der Waals surface area contributed by atoms with Gasteiger partial charge in [-0.1, -0.05) is 382 Å². The number of ether oxygens (including phenoxy) is 4. The Morgan fingerprint density at radius 1 is 0.287 bits per heavy atom. The van der Waals surface area contributed by atoms with Crippen molar-refractivity contribution >= 4 is 39.5 Å². The maximum Gasteiger partial charge on any atom is 0.472 e. The van der Waals surface area contributed by atoms with E-state index in [4.69, 9.17) is 37.0 Å². The highest BCUT2D eigenvalue weighted by molar-refractivity contribution is 7.47. The molecular weight excluding hydrogens is 1320 g/mol. The maximum atomic E-state index is 13.1. The molecular formula is C82H160O17P2. The molecule has 6 atom stereocenters. The molecule has 0 aromatic heterocycles. The third-order valence-electron chi connectivity index (χ3n) is 19.6. The third-order valence-corrected chi connectivity index (χ3v) is 21.5. The summed E-state index contributed by atoms with van der Waals surface area (Å²) in [4.78, 5) is 73.0. The van der Waals surface area contributed by atoms with Gasteiger partial charge in [-0.2, -0.15) is 0 Å². The molecule has 0 aliphatic carbocycles. The quantitative estimate of drug-likeness (QED) is 0.0222. The van der Waals surface area contributed by atoms with Gasteiger partial charge >= 0.3 is 39.5 Å². The SMILES string of the molecule is CCCCCCCCCCCCCCCCCCCCCCCC(=O)O[C@H](COC(=O)CCCCCCCCCCCCCCCCCCC(C)C)COP(=O)(O)OC[C@@H](O)COP(=O)(O)OC[C@@H](COC(=O)CCCCCCCCCCC)OC(=O)CCCCCCCCCCC(C)CC. The predicted molar refractivity (Wildman–Crippen MR) is 414 cm³/mol. The molecule has 0 fully saturated rings. The Hall–Kier alpha value is -1.94. The van der Waals surface area contributed by atoms with Crippen molar-refractivity contribution in [2.45, 2.75) is 452 Å². The van der Waals surface area contributed by atoms with Crippen molar-refractivity contribution in [2.75, 3.05) is 39.6 Å². The second-order valence-electron chi connectivity index (χ2n) is 30.2. The number of phosphoric acid groups is 2. The van der Waals surface area contributed by atoms with Crippen LogP contribution in [0, 0.1) is 11.8 Å². The Kier molecular flexibility index (Phi) is 72.2. The zero-order chi connectivity index (χ0) is 74.2. The van der Waals surface area contributed by atoms with Crippen LogP contribution in [0.5, 0.6) is 0 Å². The first-order valence-electron chi connectivity index (χ1n) is 42.5. The van der Waals surface area contributed by atoms with Crippen LogP contribution in [0.4, 0.5) is 0 Å². The molecule has 3 unspecified atom stereocenters. The van der Waals surface area contributed by atoms with E-state index in [1.165, 1.54) is 250 Å². The van der Waals surface area contributed by atoms with Crippen molar-refractivity contribution in [3.63, 3.8) is 0 Å². The van der Waals surface area contributed by atoms with Gasteiger partial charge in [0.2, 0.25) is 0 Å². The summed E-state index contributed by atoms with van der Waals surface area (Å²) < 4.78 is 68.7. The minimum atomic E-state index is -4.96. The van der Waals surface area contributed by atoms with E-state index in [0.29, 0.717) is 25.7 Å². The number of hydrogen-bond acceptors (Lipinski definition) is 15. The largest absolute Gasteiger partial charge is 0.472 e. The average molecular weight is 1480 g/mol. The van der Waals surface area contributed by atoms with Crippen molar-refractivity contribution in [2.24, 2.45) is 11.8 Å². The van der Waals surface area contributed by atoms with Crippen LogP contribution in [0.15, 0.2) is 0 Å². The summed E-state index contributed by atoms with van der Waals surface area (Å²) in [5.41, 5.74) is 0. The number of unbranched alkanes of at least 4 members (excludes halogenated alkanes) is 50. The van der Waals surface area contributed by atoms with E-state index in [1.807, 2.05) is 0 Å². The fraction of sp³-hybridized carbons (Fsp3) is 0.951. The van der Waals surface area contributed by atoms with Gasteiger partial charge in [0.1, 0.15) is 19.3 Å². The number of carbonyl (C=O) groups excluding carboxylic acids is 4. The van der Waals surface area contributed by atoms with Crippen LogP contribution in [0.3, 0.4) is 0 Å². The molecule has 600 valence electrons. The number of esters is 4. The lowest BCUT2D eigenvalue weighted by Crippen LogP contribution is -2.30. The molecule has 0 radical (unpaired) electrons. The molecule has 0 aliphatic heterocycles. The molecule has 0 aromatic carbocycles. The van der Waals surface area contributed by atoms with Crippen molar-refractivity contribution in [3.05, 3.63) is 0 Å². The molecule has 101 heavy (non-hydrogen) atoms. The van der Waals surface area contributed by atoms with Crippen LogP contribution < -0.4 is 0 Å². The van der Waals surface area contributed by atoms with Gasteiger partial charge in [0.05, 0.1) is 26.4 Å². The van der Waals surface area contributed by atoms with E-state index in [2.05, 4.69) is 41.5 Å². The van der Waals surface area contributed by atoms with Gasteiger partial charge in [0, 0.05) is 25.7 Å².